The van der Waals surface area contributed by atoms with Gasteiger partial charge in [0.1, 0.15) is 11.5 Å². The van der Waals surface area contributed by atoms with Gasteiger partial charge in [0.05, 0.1) is 5.56 Å². The van der Waals surface area contributed by atoms with E-state index >= 15 is 0 Å². The highest BCUT2D eigenvalue weighted by molar-refractivity contribution is 9.08. The van der Waals surface area contributed by atoms with Gasteiger partial charge in [-0.25, -0.2) is 0 Å². The molecule has 7 heteroatoms. The predicted molar refractivity (Wildman–Crippen MR) is 80.6 cm³/mol. The van der Waals surface area contributed by atoms with Crippen molar-refractivity contribution in [1.29, 1.82) is 0 Å². The molecule has 21 heavy (non-hydrogen) atoms. The van der Waals surface area contributed by atoms with Gasteiger partial charge in [-0.1, -0.05) is 45.2 Å². The van der Waals surface area contributed by atoms with E-state index in [1.165, 1.54) is 30.3 Å². The average Bonchev–Trinajstić information content (AvgIpc) is 2.36. The van der Waals surface area contributed by atoms with Crippen LogP contribution in [0.4, 0.5) is 13.2 Å². The van der Waals surface area contributed by atoms with E-state index in [4.69, 9.17) is 27.9 Å². The van der Waals surface area contributed by atoms with Crippen LogP contribution in [0.1, 0.15) is 11.1 Å². The molecular weight excluding hydrogens is 392 g/mol. The van der Waals surface area contributed by atoms with Crippen LogP contribution in [-0.4, -0.2) is 0 Å². The third kappa shape index (κ3) is 4.28. The lowest BCUT2D eigenvalue weighted by molar-refractivity contribution is -0.138. The highest BCUT2D eigenvalue weighted by atomic mass is 79.9. The van der Waals surface area contributed by atoms with E-state index in [9.17, 15) is 13.2 Å². The second-order valence-electron chi connectivity index (χ2n) is 4.16. The standard InChI is InChI=1S/C14H8BrCl2F3O/c15-7-8-1-2-11(6-13(8)14(18,19)20)21-12-4-9(16)3-10(17)5-12/h1-6H,7H2. The summed E-state index contributed by atoms with van der Waals surface area (Å²) in [6, 6.07) is 8.22. The summed E-state index contributed by atoms with van der Waals surface area (Å²) in [7, 11) is 0. The smallest absolute Gasteiger partial charge is 0.416 e. The molecule has 0 aromatic heterocycles. The van der Waals surface area contributed by atoms with Crippen molar-refractivity contribution in [2.45, 2.75) is 11.5 Å². The number of hydrogen-bond acceptors (Lipinski definition) is 1. The Morgan fingerprint density at radius 3 is 2.10 bits per heavy atom. The van der Waals surface area contributed by atoms with Crippen LogP contribution >= 0.6 is 39.1 Å². The van der Waals surface area contributed by atoms with E-state index in [-0.39, 0.29) is 22.4 Å². The van der Waals surface area contributed by atoms with Crippen molar-refractivity contribution in [2.75, 3.05) is 0 Å². The maximum Gasteiger partial charge on any atom is 0.416 e. The van der Waals surface area contributed by atoms with Crippen LogP contribution < -0.4 is 4.74 Å². The number of rotatable bonds is 3. The SMILES string of the molecule is FC(F)(F)c1cc(Oc2cc(Cl)cc(Cl)c2)ccc1CBr. The number of hydrogen-bond donors (Lipinski definition) is 0. The zero-order valence-electron chi connectivity index (χ0n) is 10.3. The molecule has 0 atom stereocenters. The molecule has 0 aliphatic carbocycles. The Kier molecular flexibility index (Phi) is 5.07. The maximum atomic E-state index is 13.0. The number of benzene rings is 2. The first-order chi connectivity index (χ1) is 9.79. The summed E-state index contributed by atoms with van der Waals surface area (Å²) in [6.45, 7) is 0. The molecule has 2 aromatic rings. The summed E-state index contributed by atoms with van der Waals surface area (Å²) in [5.41, 5.74) is -0.607. The quantitative estimate of drug-likeness (QED) is 0.521. The molecule has 0 spiro atoms. The maximum absolute atomic E-state index is 13.0. The lowest BCUT2D eigenvalue weighted by atomic mass is 10.1. The first-order valence-electron chi connectivity index (χ1n) is 5.69. The van der Waals surface area contributed by atoms with Gasteiger partial charge in [-0.15, -0.1) is 0 Å². The highest BCUT2D eigenvalue weighted by Gasteiger charge is 2.33. The van der Waals surface area contributed by atoms with Crippen molar-refractivity contribution in [3.63, 3.8) is 0 Å². The topological polar surface area (TPSA) is 9.23 Å². The number of halogens is 6. The van der Waals surface area contributed by atoms with E-state index in [1.807, 2.05) is 0 Å². The second kappa shape index (κ2) is 6.46. The van der Waals surface area contributed by atoms with Gasteiger partial charge in [-0.3, -0.25) is 0 Å². The fourth-order valence-corrected chi connectivity index (χ4v) is 2.72. The molecule has 0 saturated carbocycles. The molecule has 0 radical (unpaired) electrons. The largest absolute Gasteiger partial charge is 0.457 e. The lowest BCUT2D eigenvalue weighted by Crippen LogP contribution is -2.08. The molecule has 0 fully saturated rings. The molecule has 0 saturated heterocycles. The summed E-state index contributed by atoms with van der Waals surface area (Å²) in [6.07, 6.45) is -4.45. The van der Waals surface area contributed by atoms with Crippen LogP contribution in [0.2, 0.25) is 10.0 Å². The first kappa shape index (κ1) is 16.5. The summed E-state index contributed by atoms with van der Waals surface area (Å²) in [5.74, 6) is 0.331. The van der Waals surface area contributed by atoms with Crippen LogP contribution in [0.3, 0.4) is 0 Å². The molecule has 0 aliphatic heterocycles. The van der Waals surface area contributed by atoms with E-state index < -0.39 is 11.7 Å². The van der Waals surface area contributed by atoms with Gasteiger partial charge in [-0.2, -0.15) is 13.2 Å². The van der Waals surface area contributed by atoms with Crippen molar-refractivity contribution in [1.82, 2.24) is 0 Å². The molecule has 112 valence electrons. The third-order valence-electron chi connectivity index (χ3n) is 2.60. The van der Waals surface area contributed by atoms with Crippen LogP contribution in [0.5, 0.6) is 11.5 Å². The Labute approximate surface area is 137 Å². The Bertz CT molecular complexity index is 639. The molecular formula is C14H8BrCl2F3O. The van der Waals surface area contributed by atoms with Crippen molar-refractivity contribution in [2.24, 2.45) is 0 Å². The van der Waals surface area contributed by atoms with Gasteiger partial charge in [-0.05, 0) is 35.9 Å². The lowest BCUT2D eigenvalue weighted by Gasteiger charge is -2.14. The summed E-state index contributed by atoms with van der Waals surface area (Å²) < 4.78 is 44.3. The van der Waals surface area contributed by atoms with Gasteiger partial charge in [0.15, 0.2) is 0 Å². The van der Waals surface area contributed by atoms with Crippen molar-refractivity contribution in [3.05, 3.63) is 57.6 Å². The Balaban J connectivity index is 2.37. The molecule has 0 unspecified atom stereocenters. The van der Waals surface area contributed by atoms with E-state index in [0.717, 1.165) is 6.07 Å². The molecule has 0 heterocycles. The summed E-state index contributed by atoms with van der Waals surface area (Å²) >= 11 is 14.7. The zero-order valence-corrected chi connectivity index (χ0v) is 13.4. The Hall–Kier alpha value is -0.910. The van der Waals surface area contributed by atoms with E-state index in [2.05, 4.69) is 15.9 Å². The van der Waals surface area contributed by atoms with Gasteiger partial charge >= 0.3 is 6.18 Å². The van der Waals surface area contributed by atoms with Gasteiger partial charge in [0.25, 0.3) is 0 Å². The first-order valence-corrected chi connectivity index (χ1v) is 7.57. The van der Waals surface area contributed by atoms with Crippen LogP contribution in [0.15, 0.2) is 36.4 Å². The normalized spacial score (nSPS) is 11.5. The molecule has 0 bridgehead atoms. The monoisotopic (exact) mass is 398 g/mol. The fourth-order valence-electron chi connectivity index (χ4n) is 1.72. The third-order valence-corrected chi connectivity index (χ3v) is 3.64. The minimum Gasteiger partial charge on any atom is -0.457 e. The minimum absolute atomic E-state index is 0.0605. The average molecular weight is 400 g/mol. The van der Waals surface area contributed by atoms with Gasteiger partial charge < -0.3 is 4.74 Å². The molecule has 0 N–H and O–H groups in total. The Morgan fingerprint density at radius 1 is 0.952 bits per heavy atom. The molecule has 2 rings (SSSR count). The van der Waals surface area contributed by atoms with Crippen LogP contribution in [0, 0.1) is 0 Å². The van der Waals surface area contributed by atoms with Crippen molar-refractivity contribution in [3.8, 4) is 11.5 Å². The van der Waals surface area contributed by atoms with Crippen molar-refractivity contribution < 1.29 is 17.9 Å². The molecule has 2 aromatic carbocycles. The fraction of sp³-hybridized carbons (Fsp3) is 0.143. The van der Waals surface area contributed by atoms with E-state index in [0.29, 0.717) is 10.0 Å². The highest BCUT2D eigenvalue weighted by Crippen LogP contribution is 2.37. The minimum atomic E-state index is -4.45. The predicted octanol–water partition coefficient (Wildman–Crippen LogP) is 6.70. The molecule has 0 aliphatic rings. The summed E-state index contributed by atoms with van der Waals surface area (Å²) in [4.78, 5) is 0. The van der Waals surface area contributed by atoms with E-state index in [1.54, 1.807) is 0 Å². The number of alkyl halides is 4. The number of ether oxygens (including phenoxy) is 1. The zero-order chi connectivity index (χ0) is 15.6. The van der Waals surface area contributed by atoms with Crippen LogP contribution in [0.25, 0.3) is 0 Å². The second-order valence-corrected chi connectivity index (χ2v) is 5.59. The summed E-state index contributed by atoms with van der Waals surface area (Å²) in [5, 5.41) is 0.779. The van der Waals surface area contributed by atoms with Crippen molar-refractivity contribution >= 4 is 39.1 Å². The molecule has 0 amide bonds. The van der Waals surface area contributed by atoms with Crippen LogP contribution in [-0.2, 0) is 11.5 Å². The Morgan fingerprint density at radius 2 is 1.57 bits per heavy atom. The van der Waals surface area contributed by atoms with Gasteiger partial charge in [0.2, 0.25) is 0 Å². The van der Waals surface area contributed by atoms with Gasteiger partial charge in [0, 0.05) is 15.4 Å². The molecule has 1 nitrogen and oxygen atoms in total.